The number of anilines is 2. The van der Waals surface area contributed by atoms with Crippen LogP contribution >= 0.6 is 11.3 Å². The van der Waals surface area contributed by atoms with Gasteiger partial charge in [-0.05, 0) is 36.8 Å². The van der Waals surface area contributed by atoms with Crippen LogP contribution in [0.1, 0.15) is 30.1 Å². The molecule has 0 radical (unpaired) electrons. The Labute approximate surface area is 178 Å². The van der Waals surface area contributed by atoms with Crippen LogP contribution in [0.4, 0.5) is 10.8 Å². The van der Waals surface area contributed by atoms with E-state index in [1.165, 1.54) is 32.7 Å². The zero-order valence-electron chi connectivity index (χ0n) is 17.2. The summed E-state index contributed by atoms with van der Waals surface area (Å²) in [7, 11) is 4.49. The topological polar surface area (TPSA) is 98.8 Å². The molecule has 1 aromatic heterocycles. The van der Waals surface area contributed by atoms with Gasteiger partial charge in [-0.15, -0.1) is 0 Å². The Morgan fingerprint density at radius 3 is 2.30 bits per heavy atom. The maximum atomic E-state index is 12.8. The van der Waals surface area contributed by atoms with Crippen LogP contribution in [-0.2, 0) is 4.79 Å². The third-order valence-electron chi connectivity index (χ3n) is 4.30. The maximum absolute atomic E-state index is 12.8. The average molecular weight is 429 g/mol. The third kappa shape index (κ3) is 4.62. The fourth-order valence-corrected chi connectivity index (χ4v) is 3.80. The van der Waals surface area contributed by atoms with Gasteiger partial charge in [0.2, 0.25) is 11.7 Å². The van der Waals surface area contributed by atoms with Gasteiger partial charge in [-0.1, -0.05) is 18.3 Å². The van der Waals surface area contributed by atoms with Crippen molar-refractivity contribution in [3.63, 3.8) is 0 Å². The summed E-state index contributed by atoms with van der Waals surface area (Å²) in [6, 6.07) is 8.55. The molecule has 0 aliphatic rings. The molecule has 2 amide bonds. The molecule has 0 unspecified atom stereocenters. The molecule has 9 heteroatoms. The summed E-state index contributed by atoms with van der Waals surface area (Å²) in [5.74, 6) is 0.821. The molecule has 158 valence electrons. The van der Waals surface area contributed by atoms with Crippen molar-refractivity contribution in [3.8, 4) is 17.2 Å². The molecule has 0 saturated carbocycles. The van der Waals surface area contributed by atoms with Crippen molar-refractivity contribution in [2.75, 3.05) is 32.0 Å². The van der Waals surface area contributed by atoms with Gasteiger partial charge < -0.3 is 24.8 Å². The van der Waals surface area contributed by atoms with Crippen LogP contribution in [-0.4, -0.2) is 38.1 Å². The van der Waals surface area contributed by atoms with E-state index in [0.717, 1.165) is 16.6 Å². The highest BCUT2D eigenvalue weighted by Gasteiger charge is 2.17. The summed E-state index contributed by atoms with van der Waals surface area (Å²) < 4.78 is 16.7. The standard InChI is InChI=1S/C21H23N3O5S/c1-5-6-18(25)24-21-23-14-8-7-13(11-17(14)30-21)22-20(26)12-9-15(27-2)19(29-4)16(10-12)28-3/h7-11H,5-6H2,1-4H3,(H,22,26)(H,23,24,25). The largest absolute Gasteiger partial charge is 0.493 e. The number of ether oxygens (including phenoxy) is 3. The van der Waals surface area contributed by atoms with Gasteiger partial charge in [0.15, 0.2) is 16.6 Å². The van der Waals surface area contributed by atoms with E-state index in [0.29, 0.717) is 40.1 Å². The van der Waals surface area contributed by atoms with E-state index in [-0.39, 0.29) is 11.8 Å². The Balaban J connectivity index is 1.82. The van der Waals surface area contributed by atoms with E-state index < -0.39 is 0 Å². The number of hydrogen-bond donors (Lipinski definition) is 2. The molecule has 2 aromatic carbocycles. The first-order chi connectivity index (χ1) is 14.5. The van der Waals surface area contributed by atoms with Crippen molar-refractivity contribution in [2.24, 2.45) is 0 Å². The second-order valence-electron chi connectivity index (χ2n) is 6.37. The molecule has 0 atom stereocenters. The minimum absolute atomic E-state index is 0.0625. The lowest BCUT2D eigenvalue weighted by molar-refractivity contribution is -0.116. The van der Waals surface area contributed by atoms with Crippen molar-refractivity contribution in [2.45, 2.75) is 19.8 Å². The van der Waals surface area contributed by atoms with Gasteiger partial charge in [0.25, 0.3) is 5.91 Å². The highest BCUT2D eigenvalue weighted by atomic mass is 32.1. The normalized spacial score (nSPS) is 10.5. The summed E-state index contributed by atoms with van der Waals surface area (Å²) in [6.45, 7) is 1.95. The molecular weight excluding hydrogens is 406 g/mol. The lowest BCUT2D eigenvalue weighted by Gasteiger charge is -2.14. The number of fused-ring (bicyclic) bond motifs is 1. The highest BCUT2D eigenvalue weighted by Crippen LogP contribution is 2.38. The molecule has 0 fully saturated rings. The maximum Gasteiger partial charge on any atom is 0.255 e. The molecule has 8 nitrogen and oxygen atoms in total. The molecule has 30 heavy (non-hydrogen) atoms. The van der Waals surface area contributed by atoms with Gasteiger partial charge in [-0.3, -0.25) is 9.59 Å². The van der Waals surface area contributed by atoms with E-state index in [1.807, 2.05) is 13.0 Å². The minimum Gasteiger partial charge on any atom is -0.493 e. The molecule has 3 aromatic rings. The van der Waals surface area contributed by atoms with Gasteiger partial charge in [0.1, 0.15) is 0 Å². The second-order valence-corrected chi connectivity index (χ2v) is 7.40. The summed E-state index contributed by atoms with van der Waals surface area (Å²) in [4.78, 5) is 29.0. The van der Waals surface area contributed by atoms with Gasteiger partial charge in [-0.25, -0.2) is 4.98 Å². The lowest BCUT2D eigenvalue weighted by Crippen LogP contribution is -2.12. The molecule has 1 heterocycles. The van der Waals surface area contributed by atoms with E-state index >= 15 is 0 Å². The monoisotopic (exact) mass is 429 g/mol. The number of benzene rings is 2. The average Bonchev–Trinajstić information content (AvgIpc) is 3.13. The van der Waals surface area contributed by atoms with Crippen molar-refractivity contribution in [1.29, 1.82) is 0 Å². The van der Waals surface area contributed by atoms with E-state index in [2.05, 4.69) is 15.6 Å². The van der Waals surface area contributed by atoms with Crippen LogP contribution < -0.4 is 24.8 Å². The molecule has 0 spiro atoms. The number of carbonyl (C=O) groups is 2. The van der Waals surface area contributed by atoms with E-state index in [4.69, 9.17) is 14.2 Å². The predicted molar refractivity (Wildman–Crippen MR) is 117 cm³/mol. The third-order valence-corrected chi connectivity index (χ3v) is 5.23. The summed E-state index contributed by atoms with van der Waals surface area (Å²) >= 11 is 1.35. The van der Waals surface area contributed by atoms with E-state index in [1.54, 1.807) is 24.3 Å². The first-order valence-electron chi connectivity index (χ1n) is 9.30. The number of nitrogens with one attached hydrogen (secondary N) is 2. The molecular formula is C21H23N3O5S. The number of hydrogen-bond acceptors (Lipinski definition) is 7. The fourth-order valence-electron chi connectivity index (χ4n) is 2.88. The van der Waals surface area contributed by atoms with E-state index in [9.17, 15) is 9.59 Å². The van der Waals surface area contributed by atoms with Crippen molar-refractivity contribution in [3.05, 3.63) is 35.9 Å². The smallest absolute Gasteiger partial charge is 0.255 e. The second kappa shape index (κ2) is 9.45. The zero-order valence-corrected chi connectivity index (χ0v) is 18.0. The number of rotatable bonds is 8. The van der Waals surface area contributed by atoms with Crippen LogP contribution in [0.15, 0.2) is 30.3 Å². The first kappa shape index (κ1) is 21.4. The Morgan fingerprint density at radius 2 is 1.70 bits per heavy atom. The summed E-state index contributed by atoms with van der Waals surface area (Å²) in [6.07, 6.45) is 1.22. The predicted octanol–water partition coefficient (Wildman–Crippen LogP) is 4.31. The lowest BCUT2D eigenvalue weighted by atomic mass is 10.1. The number of amides is 2. The van der Waals surface area contributed by atoms with Gasteiger partial charge >= 0.3 is 0 Å². The molecule has 0 aliphatic carbocycles. The first-order valence-corrected chi connectivity index (χ1v) is 10.1. The molecule has 0 aliphatic heterocycles. The molecule has 0 bridgehead atoms. The number of methoxy groups -OCH3 is 3. The van der Waals surface area contributed by atoms with Crippen LogP contribution in [0.25, 0.3) is 10.2 Å². The van der Waals surface area contributed by atoms with Crippen LogP contribution in [0.2, 0.25) is 0 Å². The van der Waals surface area contributed by atoms with Gasteiger partial charge in [0.05, 0.1) is 31.5 Å². The number of carbonyl (C=O) groups excluding carboxylic acids is 2. The zero-order chi connectivity index (χ0) is 21.7. The Kier molecular flexibility index (Phi) is 6.73. The number of thiazole rings is 1. The van der Waals surface area contributed by atoms with Gasteiger partial charge in [0, 0.05) is 17.7 Å². The number of nitrogens with zero attached hydrogens (tertiary/aromatic N) is 1. The Morgan fingerprint density at radius 1 is 1.00 bits per heavy atom. The highest BCUT2D eigenvalue weighted by molar-refractivity contribution is 7.22. The van der Waals surface area contributed by atoms with Crippen LogP contribution in [0, 0.1) is 0 Å². The molecule has 0 saturated heterocycles. The Bertz CT molecular complexity index is 1050. The minimum atomic E-state index is -0.324. The van der Waals surface area contributed by atoms with Crippen LogP contribution in [0.5, 0.6) is 17.2 Å². The Hall–Kier alpha value is -3.33. The van der Waals surface area contributed by atoms with Crippen molar-refractivity contribution < 1.29 is 23.8 Å². The fraction of sp³-hybridized carbons (Fsp3) is 0.286. The van der Waals surface area contributed by atoms with Crippen molar-refractivity contribution in [1.82, 2.24) is 4.98 Å². The number of aromatic nitrogens is 1. The SMILES string of the molecule is CCCC(=O)Nc1nc2ccc(NC(=O)c3cc(OC)c(OC)c(OC)c3)cc2s1. The quantitative estimate of drug-likeness (QED) is 0.554. The molecule has 3 rings (SSSR count). The van der Waals surface area contributed by atoms with Crippen LogP contribution in [0.3, 0.4) is 0 Å². The molecule has 2 N–H and O–H groups in total. The van der Waals surface area contributed by atoms with Crippen molar-refractivity contribution >= 4 is 44.2 Å². The van der Waals surface area contributed by atoms with Gasteiger partial charge in [-0.2, -0.15) is 0 Å². The summed E-state index contributed by atoms with van der Waals surface area (Å²) in [5.41, 5.74) is 1.72. The summed E-state index contributed by atoms with van der Waals surface area (Å²) in [5, 5.41) is 6.20.